The van der Waals surface area contributed by atoms with Gasteiger partial charge in [0.15, 0.2) is 0 Å². The van der Waals surface area contributed by atoms with Crippen LogP contribution in [0, 0.1) is 5.38 Å². The van der Waals surface area contributed by atoms with Crippen molar-refractivity contribution in [2.45, 2.75) is 39.0 Å². The molecule has 0 saturated carbocycles. The van der Waals surface area contributed by atoms with Crippen LogP contribution in [-0.2, 0) is 6.42 Å². The molecular weight excluding hydrogens is 232 g/mol. The Kier molecular flexibility index (Phi) is 4.61. The summed E-state index contributed by atoms with van der Waals surface area (Å²) >= 11 is 3.65. The molecule has 0 aliphatic rings. The van der Waals surface area contributed by atoms with E-state index in [0.717, 1.165) is 0 Å². The molecule has 2 aromatic heterocycles. The van der Waals surface area contributed by atoms with E-state index in [9.17, 15) is 0 Å². The molecule has 2 heterocycles. The number of aryl methyl sites for hydroxylation is 1. The van der Waals surface area contributed by atoms with E-state index in [0.29, 0.717) is 0 Å². The third-order valence-corrected chi connectivity index (χ3v) is 4.79. The van der Waals surface area contributed by atoms with Gasteiger partial charge >= 0.3 is 0 Å². The number of unbranched alkanes of at least 4 members (excludes halogenated alkanes) is 3. The maximum absolute atomic E-state index is 3.15. The van der Waals surface area contributed by atoms with Crippen molar-refractivity contribution in [2.24, 2.45) is 0 Å². The molecule has 0 saturated heterocycles. The van der Waals surface area contributed by atoms with Crippen LogP contribution in [0.4, 0.5) is 0 Å². The normalized spacial score (nSPS) is 10.8. The van der Waals surface area contributed by atoms with Crippen molar-refractivity contribution in [3.63, 3.8) is 0 Å². The molecule has 0 aromatic carbocycles. The summed E-state index contributed by atoms with van der Waals surface area (Å²) in [4.78, 5) is 4.28. The summed E-state index contributed by atoms with van der Waals surface area (Å²) in [6.45, 7) is 2.26. The van der Waals surface area contributed by atoms with Gasteiger partial charge in [0.2, 0.25) is 0 Å². The van der Waals surface area contributed by atoms with Crippen molar-refractivity contribution in [1.82, 2.24) is 0 Å². The first kappa shape index (κ1) is 11.9. The minimum atomic E-state index is 1.25. The Morgan fingerprint density at radius 2 is 2.00 bits per heavy atom. The van der Waals surface area contributed by atoms with Crippen LogP contribution in [0.3, 0.4) is 0 Å². The SMILES string of the molecule is CCCCCCc1ccc(-c2cc[c]s2)s1. The van der Waals surface area contributed by atoms with Crippen molar-refractivity contribution in [2.75, 3.05) is 0 Å². The fraction of sp³-hybridized carbons (Fsp3) is 0.429. The van der Waals surface area contributed by atoms with Gasteiger partial charge in [0.1, 0.15) is 0 Å². The lowest BCUT2D eigenvalue weighted by molar-refractivity contribution is 0.670. The van der Waals surface area contributed by atoms with Gasteiger partial charge in [-0.2, -0.15) is 0 Å². The standard InChI is InChI=1S/C14H17S2/c1-2-3-4-5-7-12-9-10-14(16-12)13-8-6-11-15-13/h6,8-10H,2-5,7H2,1H3. The summed E-state index contributed by atoms with van der Waals surface area (Å²) in [5, 5.41) is 3.15. The first-order valence-electron chi connectivity index (χ1n) is 5.95. The molecule has 2 rings (SSSR count). The van der Waals surface area contributed by atoms with Gasteiger partial charge in [-0.05, 0) is 37.1 Å². The number of hydrogen-bond acceptors (Lipinski definition) is 2. The van der Waals surface area contributed by atoms with Crippen molar-refractivity contribution in [3.05, 3.63) is 34.5 Å². The van der Waals surface area contributed by atoms with Crippen LogP contribution in [0.15, 0.2) is 24.3 Å². The van der Waals surface area contributed by atoms with Gasteiger partial charge in [-0.3, -0.25) is 0 Å². The second kappa shape index (κ2) is 6.21. The average Bonchev–Trinajstić information content (AvgIpc) is 2.94. The van der Waals surface area contributed by atoms with E-state index in [-0.39, 0.29) is 0 Å². The van der Waals surface area contributed by atoms with E-state index < -0.39 is 0 Å². The fourth-order valence-electron chi connectivity index (χ4n) is 1.74. The van der Waals surface area contributed by atoms with Crippen LogP contribution >= 0.6 is 22.7 Å². The molecule has 2 aromatic rings. The van der Waals surface area contributed by atoms with Crippen molar-refractivity contribution < 1.29 is 0 Å². The molecule has 0 aliphatic heterocycles. The molecule has 0 bridgehead atoms. The Bertz CT molecular complexity index is 398. The zero-order valence-corrected chi connectivity index (χ0v) is 11.3. The Morgan fingerprint density at radius 1 is 1.06 bits per heavy atom. The smallest absolute Gasteiger partial charge is 0.0449 e. The molecule has 1 radical (unpaired) electrons. The van der Waals surface area contributed by atoms with Gasteiger partial charge in [0.25, 0.3) is 0 Å². The number of thiophene rings is 2. The second-order valence-corrected chi connectivity index (χ2v) is 6.04. The Morgan fingerprint density at radius 3 is 2.75 bits per heavy atom. The lowest BCUT2D eigenvalue weighted by atomic mass is 10.1. The maximum Gasteiger partial charge on any atom is 0.0449 e. The largest absolute Gasteiger partial charge is 0.139 e. The van der Waals surface area contributed by atoms with E-state index in [1.54, 1.807) is 11.3 Å². The maximum atomic E-state index is 3.15. The third kappa shape index (κ3) is 3.19. The predicted molar refractivity (Wildman–Crippen MR) is 74.3 cm³/mol. The zero-order valence-electron chi connectivity index (χ0n) is 9.66. The highest BCUT2D eigenvalue weighted by atomic mass is 32.1. The van der Waals surface area contributed by atoms with Gasteiger partial charge in [0.05, 0.1) is 0 Å². The Balaban J connectivity index is 1.88. The van der Waals surface area contributed by atoms with Gasteiger partial charge in [-0.15, -0.1) is 22.7 Å². The summed E-state index contributed by atoms with van der Waals surface area (Å²) in [6.07, 6.45) is 6.65. The van der Waals surface area contributed by atoms with Crippen LogP contribution in [-0.4, -0.2) is 0 Å². The average molecular weight is 249 g/mol. The molecule has 85 valence electrons. The van der Waals surface area contributed by atoms with Crippen molar-refractivity contribution in [3.8, 4) is 9.75 Å². The highest BCUT2D eigenvalue weighted by Crippen LogP contribution is 2.31. The highest BCUT2D eigenvalue weighted by Gasteiger charge is 2.03. The number of rotatable bonds is 6. The molecule has 0 spiro atoms. The predicted octanol–water partition coefficient (Wildman–Crippen LogP) is 5.40. The quantitative estimate of drug-likeness (QED) is 0.601. The minimum Gasteiger partial charge on any atom is -0.139 e. The van der Waals surface area contributed by atoms with Gasteiger partial charge in [-0.25, -0.2) is 0 Å². The molecule has 0 N–H and O–H groups in total. The summed E-state index contributed by atoms with van der Waals surface area (Å²) in [5.74, 6) is 0. The molecule has 0 amide bonds. The molecule has 0 nitrogen and oxygen atoms in total. The molecule has 0 unspecified atom stereocenters. The van der Waals surface area contributed by atoms with Crippen LogP contribution in [0.2, 0.25) is 0 Å². The Hall–Kier alpha value is -0.600. The van der Waals surface area contributed by atoms with Crippen LogP contribution in [0.5, 0.6) is 0 Å². The lowest BCUT2D eigenvalue weighted by Gasteiger charge is -1.96. The molecular formula is C14H17S2. The summed E-state index contributed by atoms with van der Waals surface area (Å²) in [5.41, 5.74) is 0. The topological polar surface area (TPSA) is 0 Å². The summed E-state index contributed by atoms with van der Waals surface area (Å²) < 4.78 is 0. The molecule has 0 atom stereocenters. The van der Waals surface area contributed by atoms with E-state index in [2.05, 4.69) is 30.5 Å². The molecule has 2 heteroatoms. The lowest BCUT2D eigenvalue weighted by Crippen LogP contribution is -1.80. The van der Waals surface area contributed by atoms with Gasteiger partial charge in [0, 0.05) is 20.0 Å². The van der Waals surface area contributed by atoms with Crippen LogP contribution in [0.1, 0.15) is 37.5 Å². The fourth-order valence-corrected chi connectivity index (χ4v) is 3.53. The van der Waals surface area contributed by atoms with E-state index in [1.165, 1.54) is 46.7 Å². The number of hydrogen-bond donors (Lipinski definition) is 0. The van der Waals surface area contributed by atoms with Crippen LogP contribution in [0.25, 0.3) is 9.75 Å². The van der Waals surface area contributed by atoms with E-state index >= 15 is 0 Å². The van der Waals surface area contributed by atoms with Crippen LogP contribution < -0.4 is 0 Å². The third-order valence-electron chi connectivity index (χ3n) is 2.65. The zero-order chi connectivity index (χ0) is 11.2. The second-order valence-electron chi connectivity index (χ2n) is 3.99. The molecule has 0 fully saturated rings. The van der Waals surface area contributed by atoms with E-state index in [1.807, 2.05) is 17.4 Å². The molecule has 16 heavy (non-hydrogen) atoms. The van der Waals surface area contributed by atoms with Crippen molar-refractivity contribution >= 4 is 22.7 Å². The van der Waals surface area contributed by atoms with E-state index in [4.69, 9.17) is 0 Å². The first-order valence-corrected chi connectivity index (χ1v) is 7.58. The molecule has 0 aliphatic carbocycles. The first-order chi connectivity index (χ1) is 7.90. The van der Waals surface area contributed by atoms with Crippen molar-refractivity contribution in [1.29, 1.82) is 0 Å². The van der Waals surface area contributed by atoms with Gasteiger partial charge < -0.3 is 0 Å². The minimum absolute atomic E-state index is 1.25. The summed E-state index contributed by atoms with van der Waals surface area (Å²) in [7, 11) is 0. The summed E-state index contributed by atoms with van der Waals surface area (Å²) in [6, 6.07) is 8.68. The Labute approximate surface area is 106 Å². The monoisotopic (exact) mass is 249 g/mol. The van der Waals surface area contributed by atoms with Gasteiger partial charge in [-0.1, -0.05) is 26.2 Å². The highest BCUT2D eigenvalue weighted by molar-refractivity contribution is 7.21.